The summed E-state index contributed by atoms with van der Waals surface area (Å²) >= 11 is 5.62. The van der Waals surface area contributed by atoms with Gasteiger partial charge in [-0.15, -0.1) is 0 Å². The van der Waals surface area contributed by atoms with E-state index in [9.17, 15) is 19.1 Å². The van der Waals surface area contributed by atoms with Gasteiger partial charge in [0.15, 0.2) is 22.6 Å². The molecule has 4 aromatic rings. The molecule has 1 saturated heterocycles. The Bertz CT molecular complexity index is 2140. The monoisotopic (exact) mass is 706 g/mol. The molecule has 4 aromatic heterocycles. The number of nitrogens with two attached hydrogens (primary N) is 2. The zero-order valence-electron chi connectivity index (χ0n) is 25.1. The van der Waals surface area contributed by atoms with E-state index in [2.05, 4.69) is 29.9 Å². The summed E-state index contributed by atoms with van der Waals surface area (Å²) in [5.74, 6) is -0.703. The van der Waals surface area contributed by atoms with Crippen LogP contribution in [0.2, 0.25) is 0 Å². The molecule has 250 valence electrons. The molecule has 5 aliphatic rings. The van der Waals surface area contributed by atoms with Crippen molar-refractivity contribution in [1.29, 1.82) is 0 Å². The van der Waals surface area contributed by atoms with Crippen LogP contribution in [0.5, 0.6) is 0 Å². The fourth-order valence-electron chi connectivity index (χ4n) is 9.10. The van der Waals surface area contributed by atoms with Crippen LogP contribution in [0.25, 0.3) is 22.3 Å². The summed E-state index contributed by atoms with van der Waals surface area (Å²) in [4.78, 5) is 59.2. The van der Waals surface area contributed by atoms with E-state index >= 15 is 0 Å². The van der Waals surface area contributed by atoms with Crippen molar-refractivity contribution in [2.75, 3.05) is 24.7 Å². The van der Waals surface area contributed by atoms with Crippen molar-refractivity contribution in [3.63, 3.8) is 0 Å². The fourth-order valence-corrected chi connectivity index (χ4v) is 11.8. The minimum Gasteiger partial charge on any atom is -0.382 e. The first kappa shape index (κ1) is 30.2. The Balaban J connectivity index is 1.09. The SMILES string of the molecule is C[C@H]1[C@H](n2cnc3c(N)ncnc32)[C@H]2C[C@@]23COP(=O)(O)O[C@H]2[C@H](n4cnc5c(=O)[nH]c(N)nc54)[C@H]4C[C@]4(COP(O)(=S)O[C@@H]13)[C@H]2C. The number of imidazole rings is 2. The molecule has 4 aliphatic carbocycles. The van der Waals surface area contributed by atoms with Gasteiger partial charge in [-0.25, -0.2) is 24.5 Å². The van der Waals surface area contributed by atoms with Gasteiger partial charge in [-0.05, 0) is 42.4 Å². The number of nitrogens with zero attached hydrogens (tertiary/aromatic N) is 7. The van der Waals surface area contributed by atoms with Crippen LogP contribution in [-0.2, 0) is 34.5 Å². The summed E-state index contributed by atoms with van der Waals surface area (Å²) in [6.45, 7) is -0.135. The Labute approximate surface area is 271 Å². The van der Waals surface area contributed by atoms with Gasteiger partial charge in [-0.2, -0.15) is 4.98 Å². The lowest BCUT2D eigenvalue weighted by Gasteiger charge is -2.32. The molecule has 9 rings (SSSR count). The first-order valence-corrected chi connectivity index (χ1v) is 19.3. The Hall–Kier alpha value is -2.86. The molecular formula is C26H32N10O8P2S. The van der Waals surface area contributed by atoms with Gasteiger partial charge in [0.1, 0.15) is 11.8 Å². The number of aromatic nitrogens is 8. The standard InChI is InChI=1S/C26H32N10O8P2S/c1-10-16(35-8-31-14-20(27)29-7-30-21(14)35)12-4-26(12)6-41-45(38,39)43-18-11(2)25(5-42-46(40,47)44-19(10)26)3-13(25)17(18)36-9-32-15-22(36)33-24(28)34-23(15)37/h7-13,16-19H,3-6H2,1-2H3,(H,38,39)(H,40,47)(H2,27,29,30)(H3,28,33,34,37)/t10-,11-,12+,13+,16-,17+,18+,19-,25-,26+,46?/m0/s1. The topological polar surface area (TPSA) is 254 Å². The number of hydrogen-bond acceptors (Lipinski definition) is 14. The molecule has 0 aromatic carbocycles. The normalized spacial score (nSPS) is 44.3. The zero-order valence-corrected chi connectivity index (χ0v) is 27.7. The van der Waals surface area contributed by atoms with Gasteiger partial charge in [-0.3, -0.25) is 18.8 Å². The summed E-state index contributed by atoms with van der Waals surface area (Å²) in [6, 6.07) is -0.800. The van der Waals surface area contributed by atoms with Crippen LogP contribution in [0.3, 0.4) is 0 Å². The highest BCUT2D eigenvalue weighted by Gasteiger charge is 2.74. The van der Waals surface area contributed by atoms with Crippen molar-refractivity contribution >= 4 is 60.4 Å². The fraction of sp³-hybridized carbons (Fsp3) is 0.615. The van der Waals surface area contributed by atoms with E-state index < -0.39 is 49.2 Å². The van der Waals surface area contributed by atoms with E-state index in [4.69, 9.17) is 41.4 Å². The van der Waals surface area contributed by atoms with Crippen molar-refractivity contribution in [1.82, 2.24) is 39.0 Å². The number of fused-ring (bicyclic) bond motifs is 3. The number of anilines is 2. The summed E-state index contributed by atoms with van der Waals surface area (Å²) in [5.41, 5.74) is 11.3. The van der Waals surface area contributed by atoms with Crippen LogP contribution in [0.1, 0.15) is 38.8 Å². The largest absolute Gasteiger partial charge is 0.472 e. The van der Waals surface area contributed by atoms with Gasteiger partial charge in [0.05, 0.1) is 44.1 Å². The number of H-pyrrole nitrogens is 1. The van der Waals surface area contributed by atoms with Crippen molar-refractivity contribution in [3.05, 3.63) is 29.3 Å². The highest BCUT2D eigenvalue weighted by atomic mass is 32.5. The third-order valence-corrected chi connectivity index (χ3v) is 14.0. The predicted molar refractivity (Wildman–Crippen MR) is 168 cm³/mol. The van der Waals surface area contributed by atoms with Gasteiger partial charge in [0.25, 0.3) is 5.56 Å². The Kier molecular flexibility index (Phi) is 6.20. The molecule has 21 heteroatoms. The number of nitrogen functional groups attached to an aromatic ring is 2. The predicted octanol–water partition coefficient (Wildman–Crippen LogP) is 1.65. The summed E-state index contributed by atoms with van der Waals surface area (Å²) in [7, 11) is -4.69. The van der Waals surface area contributed by atoms with Gasteiger partial charge in [0.2, 0.25) is 5.95 Å². The van der Waals surface area contributed by atoms with Crippen molar-refractivity contribution in [2.45, 2.75) is 51.0 Å². The Morgan fingerprint density at radius 1 is 0.957 bits per heavy atom. The molecule has 5 heterocycles. The maximum atomic E-state index is 13.8. The van der Waals surface area contributed by atoms with Crippen LogP contribution in [0, 0.1) is 34.5 Å². The average Bonchev–Trinajstić information content (AvgIpc) is 3.71. The average molecular weight is 707 g/mol. The van der Waals surface area contributed by atoms with Crippen LogP contribution in [0.15, 0.2) is 23.8 Å². The molecular weight excluding hydrogens is 674 g/mol. The second kappa shape index (κ2) is 9.64. The molecule has 2 bridgehead atoms. The lowest BCUT2D eigenvalue weighted by molar-refractivity contribution is 0.0188. The number of nitrogens with one attached hydrogen (secondary N) is 1. The third kappa shape index (κ3) is 4.25. The van der Waals surface area contributed by atoms with Crippen LogP contribution >= 0.6 is 14.5 Å². The lowest BCUT2D eigenvalue weighted by atomic mass is 9.91. The number of phosphoric acid groups is 1. The van der Waals surface area contributed by atoms with E-state index in [0.29, 0.717) is 24.0 Å². The first-order valence-electron chi connectivity index (χ1n) is 15.2. The quantitative estimate of drug-likeness (QED) is 0.186. The van der Waals surface area contributed by atoms with Gasteiger partial charge in [-0.1, -0.05) is 13.8 Å². The highest BCUT2D eigenvalue weighted by molar-refractivity contribution is 8.07. The van der Waals surface area contributed by atoms with Crippen molar-refractivity contribution in [3.8, 4) is 0 Å². The molecule has 4 saturated carbocycles. The Morgan fingerprint density at radius 2 is 1.64 bits per heavy atom. The van der Waals surface area contributed by atoms with E-state index in [-0.39, 0.29) is 65.9 Å². The third-order valence-electron chi connectivity index (χ3n) is 11.5. The molecule has 47 heavy (non-hydrogen) atoms. The molecule has 2 spiro atoms. The molecule has 2 unspecified atom stereocenters. The van der Waals surface area contributed by atoms with Crippen LogP contribution in [-0.4, -0.2) is 74.2 Å². The summed E-state index contributed by atoms with van der Waals surface area (Å²) in [6.07, 6.45) is 4.12. The minimum atomic E-state index is -4.69. The van der Waals surface area contributed by atoms with Crippen molar-refractivity contribution < 1.29 is 32.4 Å². The zero-order chi connectivity index (χ0) is 32.8. The van der Waals surface area contributed by atoms with Gasteiger partial charge < -0.3 is 39.4 Å². The van der Waals surface area contributed by atoms with Crippen LogP contribution in [0.4, 0.5) is 11.8 Å². The Morgan fingerprint density at radius 3 is 2.43 bits per heavy atom. The molecule has 0 amide bonds. The second-order valence-electron chi connectivity index (χ2n) is 13.7. The molecule has 5 fully saturated rings. The smallest absolute Gasteiger partial charge is 0.382 e. The number of phosphoric ester groups is 1. The second-order valence-corrected chi connectivity index (χ2v) is 17.9. The van der Waals surface area contributed by atoms with E-state index in [1.165, 1.54) is 12.7 Å². The van der Waals surface area contributed by atoms with Crippen molar-refractivity contribution in [2.24, 2.45) is 34.5 Å². The summed E-state index contributed by atoms with van der Waals surface area (Å²) < 4.78 is 41.7. The first-order chi connectivity index (χ1) is 22.3. The lowest BCUT2D eigenvalue weighted by Crippen LogP contribution is -2.33. The minimum absolute atomic E-state index is 0.0334. The maximum absolute atomic E-state index is 13.8. The van der Waals surface area contributed by atoms with Gasteiger partial charge in [0, 0.05) is 22.8 Å². The maximum Gasteiger partial charge on any atom is 0.472 e. The van der Waals surface area contributed by atoms with E-state index in [1.807, 2.05) is 18.4 Å². The van der Waals surface area contributed by atoms with E-state index in [0.717, 1.165) is 0 Å². The molecule has 18 nitrogen and oxygen atoms in total. The highest BCUT2D eigenvalue weighted by Crippen LogP contribution is 2.76. The summed E-state index contributed by atoms with van der Waals surface area (Å²) in [5, 5.41) is 0. The van der Waals surface area contributed by atoms with E-state index in [1.54, 1.807) is 10.9 Å². The van der Waals surface area contributed by atoms with Crippen LogP contribution < -0.4 is 17.0 Å². The molecule has 0 radical (unpaired) electrons. The number of rotatable bonds is 2. The van der Waals surface area contributed by atoms with Gasteiger partial charge >= 0.3 is 14.5 Å². The molecule has 1 aliphatic heterocycles. The number of aromatic amines is 1. The molecule has 12 atom stereocenters. The molecule has 7 N–H and O–H groups in total. The number of hydrogen-bond donors (Lipinski definition) is 5.